The number of carboxylic acids is 1. The van der Waals surface area contributed by atoms with Crippen molar-refractivity contribution in [1.29, 1.82) is 0 Å². The van der Waals surface area contributed by atoms with Gasteiger partial charge in [0.15, 0.2) is 5.82 Å². The molecule has 0 spiro atoms. The molecule has 1 N–H and O–H groups in total. The molecule has 0 atom stereocenters. The summed E-state index contributed by atoms with van der Waals surface area (Å²) in [5.74, 6) is -0.937. The first-order valence-corrected chi connectivity index (χ1v) is 5.92. The Hall–Kier alpha value is -3.02. The van der Waals surface area contributed by atoms with Crippen LogP contribution in [0.1, 0.15) is 10.6 Å². The van der Waals surface area contributed by atoms with E-state index < -0.39 is 5.97 Å². The van der Waals surface area contributed by atoms with Crippen molar-refractivity contribution in [3.63, 3.8) is 0 Å². The van der Waals surface area contributed by atoms with Crippen molar-refractivity contribution in [3.8, 4) is 17.1 Å². The highest BCUT2D eigenvalue weighted by molar-refractivity contribution is 5.84. The number of hydrogen-bond acceptors (Lipinski definition) is 4. The molecule has 0 saturated carbocycles. The predicted molar refractivity (Wildman–Crippen MR) is 71.5 cm³/mol. The summed E-state index contributed by atoms with van der Waals surface area (Å²) in [7, 11) is 0. The van der Waals surface area contributed by atoms with E-state index in [1.807, 2.05) is 30.3 Å². The summed E-state index contributed by atoms with van der Waals surface area (Å²) in [6.45, 7) is 0. The average Bonchev–Trinajstić information content (AvgIpc) is 2.94. The summed E-state index contributed by atoms with van der Waals surface area (Å²) in [4.78, 5) is 19.2. The van der Waals surface area contributed by atoms with Gasteiger partial charge in [0.2, 0.25) is 0 Å². The number of aromatic carboxylic acids is 1. The van der Waals surface area contributed by atoms with Crippen LogP contribution in [-0.2, 0) is 0 Å². The van der Waals surface area contributed by atoms with Crippen molar-refractivity contribution in [2.45, 2.75) is 0 Å². The van der Waals surface area contributed by atoms with E-state index in [2.05, 4.69) is 15.1 Å². The van der Waals surface area contributed by atoms with Crippen LogP contribution in [0.2, 0.25) is 0 Å². The largest absolute Gasteiger partial charge is 0.475 e. The summed E-state index contributed by atoms with van der Waals surface area (Å²) < 4.78 is 1.48. The molecule has 0 unspecified atom stereocenters. The Kier molecular flexibility index (Phi) is 2.96. The SMILES string of the molecule is O=C(O)c1nc(-c2ccccc2)n(-c2cccnc2)n1. The number of benzene rings is 1. The second kappa shape index (κ2) is 4.93. The lowest BCUT2D eigenvalue weighted by Gasteiger charge is -2.04. The Labute approximate surface area is 114 Å². The minimum Gasteiger partial charge on any atom is -0.475 e. The molecule has 0 radical (unpaired) electrons. The molecule has 0 aliphatic heterocycles. The molecule has 2 heterocycles. The molecular weight excluding hydrogens is 256 g/mol. The van der Waals surface area contributed by atoms with Crippen LogP contribution in [0.3, 0.4) is 0 Å². The Morgan fingerprint density at radius 1 is 1.10 bits per heavy atom. The fraction of sp³-hybridized carbons (Fsp3) is 0. The maximum atomic E-state index is 11.1. The van der Waals surface area contributed by atoms with Crippen molar-refractivity contribution in [2.24, 2.45) is 0 Å². The van der Waals surface area contributed by atoms with Gasteiger partial charge in [-0.25, -0.2) is 14.5 Å². The zero-order valence-electron chi connectivity index (χ0n) is 10.3. The average molecular weight is 266 g/mol. The number of aromatic nitrogens is 4. The first-order chi connectivity index (χ1) is 9.75. The molecule has 3 aromatic rings. The highest BCUT2D eigenvalue weighted by atomic mass is 16.4. The standard InChI is InChI=1S/C14H10N4O2/c19-14(20)12-16-13(10-5-2-1-3-6-10)18(17-12)11-7-4-8-15-9-11/h1-9H,(H,19,20). The summed E-state index contributed by atoms with van der Waals surface area (Å²) in [5.41, 5.74) is 1.45. The van der Waals surface area contributed by atoms with Gasteiger partial charge in [-0.2, -0.15) is 0 Å². The lowest BCUT2D eigenvalue weighted by atomic mass is 10.2. The molecule has 20 heavy (non-hydrogen) atoms. The van der Waals surface area contributed by atoms with Crippen LogP contribution in [0.4, 0.5) is 0 Å². The van der Waals surface area contributed by atoms with Crippen molar-refractivity contribution < 1.29 is 9.90 Å². The first kappa shape index (κ1) is 12.0. The van der Waals surface area contributed by atoms with Crippen LogP contribution in [0, 0.1) is 0 Å². The maximum Gasteiger partial charge on any atom is 0.375 e. The zero-order valence-corrected chi connectivity index (χ0v) is 10.3. The number of pyridine rings is 1. The number of carbonyl (C=O) groups is 1. The molecule has 0 aliphatic carbocycles. The first-order valence-electron chi connectivity index (χ1n) is 5.92. The third-order valence-corrected chi connectivity index (χ3v) is 2.72. The fourth-order valence-electron chi connectivity index (χ4n) is 1.84. The van der Waals surface area contributed by atoms with Crippen molar-refractivity contribution in [1.82, 2.24) is 19.7 Å². The van der Waals surface area contributed by atoms with Gasteiger partial charge in [-0.15, -0.1) is 5.10 Å². The van der Waals surface area contributed by atoms with Gasteiger partial charge in [0.25, 0.3) is 5.82 Å². The summed E-state index contributed by atoms with van der Waals surface area (Å²) >= 11 is 0. The second-order valence-electron chi connectivity index (χ2n) is 4.05. The van der Waals surface area contributed by atoms with Gasteiger partial charge >= 0.3 is 5.97 Å². The molecule has 6 heteroatoms. The van der Waals surface area contributed by atoms with Gasteiger partial charge in [-0.05, 0) is 12.1 Å². The normalized spacial score (nSPS) is 10.4. The molecule has 3 rings (SSSR count). The molecule has 0 bridgehead atoms. The highest BCUT2D eigenvalue weighted by Crippen LogP contribution is 2.20. The second-order valence-corrected chi connectivity index (χ2v) is 4.05. The molecule has 2 aromatic heterocycles. The molecular formula is C14H10N4O2. The van der Waals surface area contributed by atoms with Gasteiger partial charge in [-0.1, -0.05) is 30.3 Å². The van der Waals surface area contributed by atoms with E-state index in [1.165, 1.54) is 4.68 Å². The number of hydrogen-bond donors (Lipinski definition) is 1. The topological polar surface area (TPSA) is 80.9 Å². The van der Waals surface area contributed by atoms with Crippen LogP contribution < -0.4 is 0 Å². The number of rotatable bonds is 3. The van der Waals surface area contributed by atoms with Crippen LogP contribution >= 0.6 is 0 Å². The van der Waals surface area contributed by atoms with E-state index in [-0.39, 0.29) is 5.82 Å². The third kappa shape index (κ3) is 2.14. The highest BCUT2D eigenvalue weighted by Gasteiger charge is 2.17. The lowest BCUT2D eigenvalue weighted by Crippen LogP contribution is -2.02. The van der Waals surface area contributed by atoms with E-state index >= 15 is 0 Å². The predicted octanol–water partition coefficient (Wildman–Crippen LogP) is 2.03. The summed E-state index contributed by atoms with van der Waals surface area (Å²) in [6.07, 6.45) is 3.24. The summed E-state index contributed by atoms with van der Waals surface area (Å²) in [5, 5.41) is 13.1. The van der Waals surface area contributed by atoms with Gasteiger partial charge in [0, 0.05) is 11.8 Å². The zero-order chi connectivity index (χ0) is 13.9. The molecule has 0 fully saturated rings. The summed E-state index contributed by atoms with van der Waals surface area (Å²) in [6, 6.07) is 12.8. The lowest BCUT2D eigenvalue weighted by molar-refractivity contribution is 0.0683. The smallest absolute Gasteiger partial charge is 0.375 e. The third-order valence-electron chi connectivity index (χ3n) is 2.72. The van der Waals surface area contributed by atoms with Gasteiger partial charge in [0.1, 0.15) is 0 Å². The molecule has 98 valence electrons. The minimum absolute atomic E-state index is 0.243. The minimum atomic E-state index is -1.16. The van der Waals surface area contributed by atoms with E-state index in [4.69, 9.17) is 5.11 Å². The van der Waals surface area contributed by atoms with Crippen LogP contribution in [-0.4, -0.2) is 30.8 Å². The van der Waals surface area contributed by atoms with Crippen LogP contribution in [0.5, 0.6) is 0 Å². The molecule has 6 nitrogen and oxygen atoms in total. The number of carboxylic acid groups (broad SMARTS) is 1. The van der Waals surface area contributed by atoms with E-state index in [1.54, 1.807) is 24.5 Å². The quantitative estimate of drug-likeness (QED) is 0.784. The molecule has 0 aliphatic rings. The van der Waals surface area contributed by atoms with Crippen LogP contribution in [0.25, 0.3) is 17.1 Å². The van der Waals surface area contributed by atoms with Gasteiger partial charge < -0.3 is 5.11 Å². The maximum absolute atomic E-state index is 11.1. The Morgan fingerprint density at radius 2 is 1.90 bits per heavy atom. The van der Waals surface area contributed by atoms with Gasteiger partial charge in [0.05, 0.1) is 11.9 Å². The fourth-order valence-corrected chi connectivity index (χ4v) is 1.84. The Bertz CT molecular complexity index is 681. The van der Waals surface area contributed by atoms with Crippen LogP contribution in [0.15, 0.2) is 54.9 Å². The molecule has 0 amide bonds. The monoisotopic (exact) mass is 266 g/mol. The Balaban J connectivity index is 2.20. The molecule has 0 saturated heterocycles. The van der Waals surface area contributed by atoms with E-state index in [0.29, 0.717) is 11.5 Å². The van der Waals surface area contributed by atoms with Crippen molar-refractivity contribution >= 4 is 5.97 Å². The Morgan fingerprint density at radius 3 is 2.55 bits per heavy atom. The van der Waals surface area contributed by atoms with E-state index in [0.717, 1.165) is 5.56 Å². The van der Waals surface area contributed by atoms with Crippen molar-refractivity contribution in [3.05, 3.63) is 60.7 Å². The van der Waals surface area contributed by atoms with E-state index in [9.17, 15) is 4.79 Å². The number of nitrogens with zero attached hydrogens (tertiary/aromatic N) is 4. The van der Waals surface area contributed by atoms with Crippen molar-refractivity contribution in [2.75, 3.05) is 0 Å². The van der Waals surface area contributed by atoms with Gasteiger partial charge in [-0.3, -0.25) is 4.98 Å². The molecule has 1 aromatic carbocycles.